The first-order valence-electron chi connectivity index (χ1n) is 9.64. The van der Waals surface area contributed by atoms with Gasteiger partial charge in [-0.15, -0.1) is 11.3 Å². The zero-order chi connectivity index (χ0) is 19.3. The number of anilines is 1. The van der Waals surface area contributed by atoms with Crippen LogP contribution < -0.4 is 15.0 Å². The number of hydrogen-bond donors (Lipinski definition) is 1. The van der Waals surface area contributed by atoms with E-state index >= 15 is 0 Å². The number of likely N-dealkylation sites (tertiary alicyclic amines) is 1. The van der Waals surface area contributed by atoms with Gasteiger partial charge < -0.3 is 15.0 Å². The molecule has 0 aliphatic carbocycles. The summed E-state index contributed by atoms with van der Waals surface area (Å²) in [6, 6.07) is 9.66. The summed E-state index contributed by atoms with van der Waals surface area (Å²) in [7, 11) is 0. The van der Waals surface area contributed by atoms with Crippen LogP contribution in [0.25, 0.3) is 0 Å². The van der Waals surface area contributed by atoms with E-state index in [2.05, 4.69) is 10.3 Å². The van der Waals surface area contributed by atoms with Gasteiger partial charge in [0.2, 0.25) is 5.91 Å². The number of nitrogens with one attached hydrogen (secondary N) is 1. The fourth-order valence-corrected chi connectivity index (χ4v) is 4.43. The first kappa shape index (κ1) is 18.7. The molecule has 2 aliphatic rings. The lowest BCUT2D eigenvalue weighted by Crippen LogP contribution is -2.42. The molecule has 8 heteroatoms. The quantitative estimate of drug-likeness (QED) is 0.809. The van der Waals surface area contributed by atoms with E-state index in [1.54, 1.807) is 4.90 Å². The highest BCUT2D eigenvalue weighted by molar-refractivity contribution is 7.14. The van der Waals surface area contributed by atoms with Crippen LogP contribution in [-0.2, 0) is 11.2 Å². The molecule has 0 bridgehead atoms. The molecule has 1 unspecified atom stereocenters. The Bertz CT molecular complexity index is 826. The molecule has 2 aliphatic heterocycles. The summed E-state index contributed by atoms with van der Waals surface area (Å²) in [4.78, 5) is 32.5. The molecule has 1 N–H and O–H groups in total. The summed E-state index contributed by atoms with van der Waals surface area (Å²) in [6.07, 6.45) is 2.34. The van der Waals surface area contributed by atoms with E-state index in [0.717, 1.165) is 37.4 Å². The number of nitrogens with zero attached hydrogens (tertiary/aromatic N) is 3. The highest BCUT2D eigenvalue weighted by atomic mass is 32.1. The number of carbonyl (C=O) groups excluding carboxylic acids is 2. The van der Waals surface area contributed by atoms with Gasteiger partial charge in [-0.3, -0.25) is 9.69 Å². The molecule has 1 aromatic heterocycles. The van der Waals surface area contributed by atoms with E-state index in [1.807, 2.05) is 40.6 Å². The van der Waals surface area contributed by atoms with Gasteiger partial charge in [0.25, 0.3) is 0 Å². The molecule has 1 atom stereocenters. The van der Waals surface area contributed by atoms with Gasteiger partial charge in [0.15, 0.2) is 5.13 Å². The van der Waals surface area contributed by atoms with Crippen molar-refractivity contribution in [3.05, 3.63) is 41.4 Å². The van der Waals surface area contributed by atoms with E-state index in [0.29, 0.717) is 30.7 Å². The molecule has 148 valence electrons. The molecule has 3 heterocycles. The Morgan fingerprint density at radius 1 is 1.29 bits per heavy atom. The van der Waals surface area contributed by atoms with Crippen LogP contribution in [-0.4, -0.2) is 54.6 Å². The predicted octanol–water partition coefficient (Wildman–Crippen LogP) is 2.53. The van der Waals surface area contributed by atoms with Gasteiger partial charge in [-0.25, -0.2) is 9.78 Å². The minimum absolute atomic E-state index is 0.0899. The standard InChI is InChI=1S/C20H24N4O3S/c25-18(11-16-14-28-20(22-16)24-10-8-21-19(24)26)23-9-4-5-15(12-23)13-27-17-6-2-1-3-7-17/h1-3,6-7,14-15H,4-5,8-13H2,(H,21,26). The number of benzene rings is 1. The maximum atomic E-state index is 12.7. The largest absolute Gasteiger partial charge is 0.493 e. The van der Waals surface area contributed by atoms with Crippen LogP contribution in [0.4, 0.5) is 9.93 Å². The van der Waals surface area contributed by atoms with Gasteiger partial charge >= 0.3 is 6.03 Å². The molecule has 1 aromatic carbocycles. The van der Waals surface area contributed by atoms with Crippen molar-refractivity contribution in [1.29, 1.82) is 0 Å². The van der Waals surface area contributed by atoms with Crippen LogP contribution in [0.5, 0.6) is 5.75 Å². The van der Waals surface area contributed by atoms with Crippen molar-refractivity contribution in [1.82, 2.24) is 15.2 Å². The van der Waals surface area contributed by atoms with Crippen molar-refractivity contribution in [2.75, 3.05) is 37.7 Å². The number of urea groups is 1. The van der Waals surface area contributed by atoms with Gasteiger partial charge in [0.05, 0.1) is 18.7 Å². The number of aromatic nitrogens is 1. The Morgan fingerprint density at radius 2 is 2.14 bits per heavy atom. The number of hydrogen-bond acceptors (Lipinski definition) is 5. The third-order valence-corrected chi connectivity index (χ3v) is 5.97. The molecule has 4 rings (SSSR count). The average molecular weight is 401 g/mol. The first-order chi connectivity index (χ1) is 13.7. The zero-order valence-corrected chi connectivity index (χ0v) is 16.5. The number of amides is 3. The molecule has 2 aromatic rings. The van der Waals surface area contributed by atoms with Gasteiger partial charge in [0, 0.05) is 37.5 Å². The van der Waals surface area contributed by atoms with Gasteiger partial charge in [-0.05, 0) is 25.0 Å². The predicted molar refractivity (Wildman–Crippen MR) is 108 cm³/mol. The molecular formula is C20H24N4O3S. The molecule has 3 amide bonds. The van der Waals surface area contributed by atoms with Gasteiger partial charge in [0.1, 0.15) is 5.75 Å². The average Bonchev–Trinajstić information content (AvgIpc) is 3.36. The molecule has 2 fully saturated rings. The van der Waals surface area contributed by atoms with Crippen LogP contribution in [0.15, 0.2) is 35.7 Å². The molecule has 2 saturated heterocycles. The minimum atomic E-state index is -0.121. The van der Waals surface area contributed by atoms with E-state index in [1.165, 1.54) is 11.3 Å². The van der Waals surface area contributed by atoms with Gasteiger partial charge in [-0.2, -0.15) is 0 Å². The lowest BCUT2D eigenvalue weighted by atomic mass is 9.98. The van der Waals surface area contributed by atoms with Crippen molar-refractivity contribution in [3.63, 3.8) is 0 Å². The summed E-state index contributed by atoms with van der Waals surface area (Å²) < 4.78 is 5.87. The van der Waals surface area contributed by atoms with Crippen molar-refractivity contribution < 1.29 is 14.3 Å². The number of thiazole rings is 1. The molecule has 0 saturated carbocycles. The van der Waals surface area contributed by atoms with E-state index in [-0.39, 0.29) is 18.4 Å². The second kappa shape index (κ2) is 8.60. The number of ether oxygens (including phenoxy) is 1. The third-order valence-electron chi connectivity index (χ3n) is 5.06. The van der Waals surface area contributed by atoms with E-state index < -0.39 is 0 Å². The maximum absolute atomic E-state index is 12.7. The van der Waals surface area contributed by atoms with Crippen molar-refractivity contribution in [3.8, 4) is 5.75 Å². The summed E-state index contributed by atoms with van der Waals surface area (Å²) in [5.74, 6) is 1.30. The maximum Gasteiger partial charge on any atom is 0.323 e. The lowest BCUT2D eigenvalue weighted by Gasteiger charge is -2.32. The topological polar surface area (TPSA) is 74.8 Å². The Kier molecular flexibility index (Phi) is 5.76. The number of rotatable bonds is 6. The van der Waals surface area contributed by atoms with Crippen molar-refractivity contribution >= 4 is 28.4 Å². The molecule has 7 nitrogen and oxygen atoms in total. The highest BCUT2D eigenvalue weighted by Crippen LogP contribution is 2.24. The van der Waals surface area contributed by atoms with E-state index in [4.69, 9.17) is 4.74 Å². The fraction of sp³-hybridized carbons (Fsp3) is 0.450. The second-order valence-corrected chi connectivity index (χ2v) is 7.99. The number of carbonyl (C=O) groups is 2. The highest BCUT2D eigenvalue weighted by Gasteiger charge is 2.26. The molecule has 28 heavy (non-hydrogen) atoms. The normalized spacial score (nSPS) is 19.6. The van der Waals surface area contributed by atoms with Crippen LogP contribution >= 0.6 is 11.3 Å². The third kappa shape index (κ3) is 4.44. The van der Waals surface area contributed by atoms with Crippen molar-refractivity contribution in [2.24, 2.45) is 5.92 Å². The molecular weight excluding hydrogens is 376 g/mol. The van der Waals surface area contributed by atoms with Crippen LogP contribution in [0, 0.1) is 5.92 Å². The lowest BCUT2D eigenvalue weighted by molar-refractivity contribution is -0.132. The Labute approximate surface area is 168 Å². The van der Waals surface area contributed by atoms with E-state index in [9.17, 15) is 9.59 Å². The van der Waals surface area contributed by atoms with Crippen LogP contribution in [0.1, 0.15) is 18.5 Å². The minimum Gasteiger partial charge on any atom is -0.493 e. The van der Waals surface area contributed by atoms with Crippen LogP contribution in [0.3, 0.4) is 0 Å². The smallest absolute Gasteiger partial charge is 0.323 e. The summed E-state index contributed by atoms with van der Waals surface area (Å²) in [5, 5.41) is 5.30. The zero-order valence-electron chi connectivity index (χ0n) is 15.7. The summed E-state index contributed by atoms with van der Waals surface area (Å²) >= 11 is 1.41. The molecule has 0 radical (unpaired) electrons. The monoisotopic (exact) mass is 400 g/mol. The SMILES string of the molecule is O=C(Cc1csc(N2CCNC2=O)n1)N1CCCC(COc2ccccc2)C1. The van der Waals surface area contributed by atoms with Crippen molar-refractivity contribution in [2.45, 2.75) is 19.3 Å². The summed E-state index contributed by atoms with van der Waals surface area (Å²) in [5.41, 5.74) is 0.729. The summed E-state index contributed by atoms with van der Waals surface area (Å²) in [6.45, 7) is 3.38. The Morgan fingerprint density at radius 3 is 2.93 bits per heavy atom. The van der Waals surface area contributed by atoms with Gasteiger partial charge in [-0.1, -0.05) is 18.2 Å². The second-order valence-electron chi connectivity index (χ2n) is 7.15. The molecule has 0 spiro atoms. The number of para-hydroxylation sites is 1. The fourth-order valence-electron chi connectivity index (χ4n) is 3.58. The Balaban J connectivity index is 1.29. The Hall–Kier alpha value is -2.61. The first-order valence-corrected chi connectivity index (χ1v) is 10.5. The number of piperidine rings is 1. The van der Waals surface area contributed by atoms with Crippen LogP contribution in [0.2, 0.25) is 0 Å².